The number of halogens is 4. The van der Waals surface area contributed by atoms with Crippen LogP contribution >= 0.6 is 23.2 Å². The van der Waals surface area contributed by atoms with E-state index in [-0.39, 0.29) is 23.4 Å². The van der Waals surface area contributed by atoms with Crippen LogP contribution in [0.3, 0.4) is 0 Å². The Hall–Kier alpha value is -1.83. The maximum absolute atomic E-state index is 13.4. The predicted molar refractivity (Wildman–Crippen MR) is 107 cm³/mol. The topological polar surface area (TPSA) is 46.3 Å². The predicted octanol–water partition coefficient (Wildman–Crippen LogP) is 5.28. The average Bonchev–Trinajstić information content (AvgIpc) is 3.26. The third-order valence-corrected chi connectivity index (χ3v) is 6.96. The van der Waals surface area contributed by atoms with Crippen molar-refractivity contribution in [2.24, 2.45) is 0 Å². The summed E-state index contributed by atoms with van der Waals surface area (Å²) in [6.45, 7) is 0.760. The van der Waals surface area contributed by atoms with Gasteiger partial charge in [-0.3, -0.25) is 4.90 Å². The summed E-state index contributed by atoms with van der Waals surface area (Å²) in [5, 5.41) is 5.34. The quantitative estimate of drug-likeness (QED) is 0.556. The Kier molecular flexibility index (Phi) is 4.92. The van der Waals surface area contributed by atoms with Crippen molar-refractivity contribution in [3.63, 3.8) is 0 Å². The molecule has 5 nitrogen and oxygen atoms in total. The molecule has 2 aliphatic rings. The van der Waals surface area contributed by atoms with Gasteiger partial charge in [0.2, 0.25) is 0 Å². The lowest BCUT2D eigenvalue weighted by molar-refractivity contribution is 0.110. The minimum atomic E-state index is -2.64. The molecule has 0 unspecified atom stereocenters. The number of benzene rings is 1. The number of alkyl halides is 2. The Labute approximate surface area is 176 Å². The zero-order valence-corrected chi connectivity index (χ0v) is 17.0. The maximum atomic E-state index is 13.4. The molecule has 5 rings (SSSR count). The van der Waals surface area contributed by atoms with Crippen molar-refractivity contribution >= 4 is 29.0 Å². The van der Waals surface area contributed by atoms with Gasteiger partial charge in [-0.05, 0) is 49.4 Å². The summed E-state index contributed by atoms with van der Waals surface area (Å²) >= 11 is 12.3. The lowest BCUT2D eigenvalue weighted by Gasteiger charge is -2.40. The fraction of sp³-hybridized carbons (Fsp3) is 0.450. The van der Waals surface area contributed by atoms with E-state index in [0.29, 0.717) is 16.1 Å². The fourth-order valence-electron chi connectivity index (χ4n) is 4.94. The van der Waals surface area contributed by atoms with E-state index >= 15 is 0 Å². The van der Waals surface area contributed by atoms with Crippen molar-refractivity contribution in [1.29, 1.82) is 0 Å². The molecule has 2 aliphatic heterocycles. The molecule has 0 aliphatic carbocycles. The molecule has 2 saturated heterocycles. The van der Waals surface area contributed by atoms with Gasteiger partial charge in [0.25, 0.3) is 12.2 Å². The van der Waals surface area contributed by atoms with E-state index in [0.717, 1.165) is 43.5 Å². The minimum absolute atomic E-state index is 0.0984. The van der Waals surface area contributed by atoms with Crippen LogP contribution in [0.4, 0.5) is 8.78 Å². The molecular weight excluding hydrogens is 419 g/mol. The third-order valence-electron chi connectivity index (χ3n) is 6.22. The Morgan fingerprint density at radius 3 is 2.69 bits per heavy atom. The third kappa shape index (κ3) is 3.39. The van der Waals surface area contributed by atoms with E-state index in [1.807, 2.05) is 18.2 Å². The van der Waals surface area contributed by atoms with Crippen LogP contribution < -0.4 is 0 Å². The summed E-state index contributed by atoms with van der Waals surface area (Å²) in [7, 11) is 0. The molecular formula is C20H19Cl2F2N5. The number of fused-ring (bicyclic) bond motifs is 3. The Balaban J connectivity index is 1.50. The largest absolute Gasteiger partial charge is 0.293 e. The molecule has 0 spiro atoms. The second kappa shape index (κ2) is 7.45. The van der Waals surface area contributed by atoms with Gasteiger partial charge in [0, 0.05) is 24.5 Å². The first-order valence-electron chi connectivity index (χ1n) is 9.69. The van der Waals surface area contributed by atoms with Gasteiger partial charge >= 0.3 is 0 Å². The van der Waals surface area contributed by atoms with Crippen molar-refractivity contribution in [2.75, 3.05) is 0 Å². The van der Waals surface area contributed by atoms with Crippen molar-refractivity contribution in [1.82, 2.24) is 24.5 Å². The normalized spacial score (nSPS) is 24.7. The van der Waals surface area contributed by atoms with E-state index in [2.05, 4.69) is 20.0 Å². The first-order valence-corrected chi connectivity index (χ1v) is 10.5. The number of hydrogen-bond donors (Lipinski definition) is 0. The first-order chi connectivity index (χ1) is 14.0. The monoisotopic (exact) mass is 437 g/mol. The van der Waals surface area contributed by atoms with Gasteiger partial charge in [0.05, 0.1) is 15.7 Å². The summed E-state index contributed by atoms with van der Waals surface area (Å²) in [5.41, 5.74) is 1.63. The molecule has 4 heterocycles. The van der Waals surface area contributed by atoms with Crippen LogP contribution in [-0.2, 0) is 6.54 Å². The van der Waals surface area contributed by atoms with Crippen LogP contribution in [0.2, 0.25) is 10.0 Å². The van der Waals surface area contributed by atoms with Crippen molar-refractivity contribution in [2.45, 2.75) is 56.7 Å². The highest BCUT2D eigenvalue weighted by atomic mass is 35.5. The van der Waals surface area contributed by atoms with Gasteiger partial charge in [-0.2, -0.15) is 10.1 Å². The smallest absolute Gasteiger partial charge is 0.280 e. The average molecular weight is 438 g/mol. The van der Waals surface area contributed by atoms with Gasteiger partial charge in [0.15, 0.2) is 0 Å². The van der Waals surface area contributed by atoms with E-state index in [1.165, 1.54) is 12.4 Å². The molecule has 1 aromatic carbocycles. The molecule has 3 aromatic rings. The lowest BCUT2D eigenvalue weighted by Crippen LogP contribution is -2.43. The van der Waals surface area contributed by atoms with Gasteiger partial charge in [-0.15, -0.1) is 0 Å². The number of piperidine rings is 1. The molecule has 0 radical (unpaired) electrons. The molecule has 3 atom stereocenters. The highest BCUT2D eigenvalue weighted by Gasteiger charge is 2.43. The van der Waals surface area contributed by atoms with Crippen LogP contribution in [0.5, 0.6) is 0 Å². The number of nitrogens with zero attached hydrogens (tertiary/aromatic N) is 5. The van der Waals surface area contributed by atoms with Crippen LogP contribution in [-0.4, -0.2) is 36.6 Å². The van der Waals surface area contributed by atoms with Gasteiger partial charge in [-0.25, -0.2) is 18.3 Å². The molecule has 29 heavy (non-hydrogen) atoms. The lowest BCUT2D eigenvalue weighted by atomic mass is 9.86. The van der Waals surface area contributed by atoms with Crippen molar-refractivity contribution < 1.29 is 8.78 Å². The second-order valence-electron chi connectivity index (χ2n) is 7.78. The SMILES string of the molecule is FC(F)c1cc([C@H]2CC[C@H]3CC[C@@H]2N3Cc2ccc(Cl)c(Cl)c2)n2ncnc2n1. The Bertz CT molecular complexity index is 1060. The molecule has 0 saturated carbocycles. The van der Waals surface area contributed by atoms with E-state index in [9.17, 15) is 8.78 Å². The zero-order chi connectivity index (χ0) is 20.1. The molecule has 2 aromatic heterocycles. The highest BCUT2D eigenvalue weighted by molar-refractivity contribution is 6.42. The molecule has 152 valence electrons. The second-order valence-corrected chi connectivity index (χ2v) is 8.60. The summed E-state index contributed by atoms with van der Waals surface area (Å²) in [5.74, 6) is 0.329. The Morgan fingerprint density at radius 1 is 1.07 bits per heavy atom. The van der Waals surface area contributed by atoms with Gasteiger partial charge in [-0.1, -0.05) is 29.3 Å². The van der Waals surface area contributed by atoms with Crippen molar-refractivity contribution in [3.05, 3.63) is 57.6 Å². The first kappa shape index (κ1) is 19.2. The van der Waals surface area contributed by atoms with E-state index < -0.39 is 6.43 Å². The van der Waals surface area contributed by atoms with Gasteiger partial charge < -0.3 is 0 Å². The summed E-state index contributed by atoms with van der Waals surface area (Å²) in [6.07, 6.45) is 2.83. The number of aromatic nitrogens is 4. The van der Waals surface area contributed by atoms with Crippen LogP contribution in [0.25, 0.3) is 5.78 Å². The molecule has 2 fully saturated rings. The molecule has 0 amide bonds. The Morgan fingerprint density at radius 2 is 1.90 bits per heavy atom. The fourth-order valence-corrected chi connectivity index (χ4v) is 5.26. The molecule has 2 bridgehead atoms. The van der Waals surface area contributed by atoms with E-state index in [1.54, 1.807) is 4.52 Å². The number of hydrogen-bond acceptors (Lipinski definition) is 4. The van der Waals surface area contributed by atoms with Crippen molar-refractivity contribution in [3.8, 4) is 0 Å². The van der Waals surface area contributed by atoms with Crippen LogP contribution in [0.15, 0.2) is 30.6 Å². The van der Waals surface area contributed by atoms with Crippen LogP contribution in [0, 0.1) is 0 Å². The summed E-state index contributed by atoms with van der Waals surface area (Å²) in [4.78, 5) is 10.5. The summed E-state index contributed by atoms with van der Waals surface area (Å²) in [6, 6.07) is 7.97. The standard InChI is InChI=1S/C20H19Cl2F2N5/c21-14-5-1-11(7-15(14)22)9-28-12-2-4-13(17(28)6-3-12)18-8-16(19(23)24)27-20-25-10-26-29(18)20/h1,5,7-8,10,12-13,17,19H,2-4,6,9H2/t12-,13-,17-/m0/s1. The van der Waals surface area contributed by atoms with E-state index in [4.69, 9.17) is 23.2 Å². The van der Waals surface area contributed by atoms with Gasteiger partial charge in [0.1, 0.15) is 12.0 Å². The zero-order valence-electron chi connectivity index (χ0n) is 15.5. The van der Waals surface area contributed by atoms with Crippen LogP contribution in [0.1, 0.15) is 55.0 Å². The highest BCUT2D eigenvalue weighted by Crippen LogP contribution is 2.45. The maximum Gasteiger partial charge on any atom is 0.280 e. The molecule has 0 N–H and O–H groups in total. The minimum Gasteiger partial charge on any atom is -0.293 e. The summed E-state index contributed by atoms with van der Waals surface area (Å²) < 4.78 is 28.5. The molecule has 9 heteroatoms. The number of rotatable bonds is 4.